The van der Waals surface area contributed by atoms with Gasteiger partial charge in [-0.25, -0.2) is 0 Å². The van der Waals surface area contributed by atoms with Crippen molar-refractivity contribution < 1.29 is 4.74 Å². The van der Waals surface area contributed by atoms with Gasteiger partial charge < -0.3 is 15.0 Å². The van der Waals surface area contributed by atoms with Gasteiger partial charge >= 0.3 is 0 Å². The number of ether oxygens (including phenoxy) is 1. The van der Waals surface area contributed by atoms with Gasteiger partial charge in [0.05, 0.1) is 13.2 Å². The van der Waals surface area contributed by atoms with Crippen LogP contribution in [0.3, 0.4) is 0 Å². The Morgan fingerprint density at radius 1 is 1.19 bits per heavy atom. The standard InChI is InChI=1S/C17H24N2O2/c1-17(2,3)14-4-5-15-13(12-14)6-8-19(16(15)20)9-11-21-10-7-18/h4-6,8,12H,7,9-11,18H2,1-3H3. The minimum Gasteiger partial charge on any atom is -0.378 e. The lowest BCUT2D eigenvalue weighted by Crippen LogP contribution is -2.23. The molecule has 114 valence electrons. The summed E-state index contributed by atoms with van der Waals surface area (Å²) in [4.78, 5) is 12.4. The van der Waals surface area contributed by atoms with Crippen molar-refractivity contribution in [1.82, 2.24) is 4.57 Å². The summed E-state index contributed by atoms with van der Waals surface area (Å²) < 4.78 is 7.02. The highest BCUT2D eigenvalue weighted by Gasteiger charge is 2.14. The summed E-state index contributed by atoms with van der Waals surface area (Å²) in [6, 6.07) is 8.06. The number of benzene rings is 1. The maximum atomic E-state index is 12.4. The molecule has 21 heavy (non-hydrogen) atoms. The third-order valence-electron chi connectivity index (χ3n) is 3.58. The fourth-order valence-corrected chi connectivity index (χ4v) is 2.28. The van der Waals surface area contributed by atoms with Crippen LogP contribution in [0.15, 0.2) is 35.3 Å². The van der Waals surface area contributed by atoms with Gasteiger partial charge in [0, 0.05) is 24.7 Å². The largest absolute Gasteiger partial charge is 0.378 e. The predicted molar refractivity (Wildman–Crippen MR) is 86.8 cm³/mol. The number of fused-ring (bicyclic) bond motifs is 1. The third-order valence-corrected chi connectivity index (χ3v) is 3.58. The van der Waals surface area contributed by atoms with E-state index in [4.69, 9.17) is 10.5 Å². The monoisotopic (exact) mass is 288 g/mol. The van der Waals surface area contributed by atoms with Crippen molar-refractivity contribution in [3.05, 3.63) is 46.4 Å². The molecule has 2 aromatic rings. The van der Waals surface area contributed by atoms with E-state index in [1.54, 1.807) is 4.57 Å². The average molecular weight is 288 g/mol. The SMILES string of the molecule is CC(C)(C)c1ccc2c(=O)n(CCOCCN)ccc2c1. The second kappa shape index (κ2) is 6.41. The molecule has 0 fully saturated rings. The smallest absolute Gasteiger partial charge is 0.258 e. The summed E-state index contributed by atoms with van der Waals surface area (Å²) in [7, 11) is 0. The zero-order valence-corrected chi connectivity index (χ0v) is 13.1. The van der Waals surface area contributed by atoms with E-state index < -0.39 is 0 Å². The second-order valence-corrected chi connectivity index (χ2v) is 6.27. The van der Waals surface area contributed by atoms with Crippen LogP contribution in [0.1, 0.15) is 26.3 Å². The molecule has 0 unspecified atom stereocenters. The second-order valence-electron chi connectivity index (χ2n) is 6.27. The molecule has 1 aromatic heterocycles. The molecule has 0 radical (unpaired) electrons. The first kappa shape index (κ1) is 15.7. The van der Waals surface area contributed by atoms with Gasteiger partial charge in [0.25, 0.3) is 5.56 Å². The van der Waals surface area contributed by atoms with Crippen LogP contribution < -0.4 is 11.3 Å². The Bertz CT molecular complexity index is 669. The summed E-state index contributed by atoms with van der Waals surface area (Å²) in [6.07, 6.45) is 1.84. The van der Waals surface area contributed by atoms with E-state index in [0.29, 0.717) is 26.3 Å². The molecule has 2 rings (SSSR count). The predicted octanol–water partition coefficient (Wildman–Crippen LogP) is 2.27. The summed E-state index contributed by atoms with van der Waals surface area (Å²) in [5.41, 5.74) is 6.72. The van der Waals surface area contributed by atoms with Crippen molar-refractivity contribution in [1.29, 1.82) is 0 Å². The lowest BCUT2D eigenvalue weighted by molar-refractivity contribution is 0.132. The number of rotatable bonds is 5. The van der Waals surface area contributed by atoms with Crippen LogP contribution in [0.2, 0.25) is 0 Å². The molecule has 4 heteroatoms. The Balaban J connectivity index is 2.29. The lowest BCUT2D eigenvalue weighted by atomic mass is 9.86. The van der Waals surface area contributed by atoms with Gasteiger partial charge in [-0.15, -0.1) is 0 Å². The molecule has 1 aromatic carbocycles. The molecule has 1 heterocycles. The lowest BCUT2D eigenvalue weighted by Gasteiger charge is -2.19. The summed E-state index contributed by atoms with van der Waals surface area (Å²) in [6.45, 7) is 8.59. The first-order valence-electron chi connectivity index (χ1n) is 7.35. The zero-order valence-electron chi connectivity index (χ0n) is 13.1. The number of pyridine rings is 1. The number of nitrogens with two attached hydrogens (primary N) is 1. The van der Waals surface area contributed by atoms with E-state index in [1.165, 1.54) is 5.56 Å². The van der Waals surface area contributed by atoms with Crippen LogP contribution in [-0.4, -0.2) is 24.3 Å². The van der Waals surface area contributed by atoms with Crippen LogP contribution >= 0.6 is 0 Å². The van der Waals surface area contributed by atoms with Gasteiger partial charge in [-0.05, 0) is 28.5 Å². The van der Waals surface area contributed by atoms with Gasteiger partial charge in [-0.2, -0.15) is 0 Å². The molecule has 0 aliphatic heterocycles. The number of hydrogen-bond donors (Lipinski definition) is 1. The van der Waals surface area contributed by atoms with E-state index in [0.717, 1.165) is 10.8 Å². The molecule has 4 nitrogen and oxygen atoms in total. The van der Waals surface area contributed by atoms with Gasteiger partial charge in [-0.1, -0.05) is 32.9 Å². The highest BCUT2D eigenvalue weighted by Crippen LogP contribution is 2.24. The maximum Gasteiger partial charge on any atom is 0.258 e. The van der Waals surface area contributed by atoms with Gasteiger partial charge in [-0.3, -0.25) is 4.79 Å². The van der Waals surface area contributed by atoms with Crippen LogP contribution in [0.25, 0.3) is 10.8 Å². The Hall–Kier alpha value is -1.65. The van der Waals surface area contributed by atoms with Crippen LogP contribution in [-0.2, 0) is 16.7 Å². The normalized spacial score (nSPS) is 12.0. The Morgan fingerprint density at radius 2 is 1.95 bits per heavy atom. The molecule has 0 spiro atoms. The molecular weight excluding hydrogens is 264 g/mol. The summed E-state index contributed by atoms with van der Waals surface area (Å²) in [5.74, 6) is 0. The van der Waals surface area contributed by atoms with E-state index in [1.807, 2.05) is 24.4 Å². The van der Waals surface area contributed by atoms with Gasteiger partial charge in [0.1, 0.15) is 0 Å². The van der Waals surface area contributed by atoms with Crippen molar-refractivity contribution in [3.8, 4) is 0 Å². The van der Waals surface area contributed by atoms with Gasteiger partial charge in [0.2, 0.25) is 0 Å². The van der Waals surface area contributed by atoms with Crippen molar-refractivity contribution in [2.45, 2.75) is 32.7 Å². The first-order chi connectivity index (χ1) is 9.93. The third kappa shape index (κ3) is 3.71. The van der Waals surface area contributed by atoms with Crippen LogP contribution in [0.4, 0.5) is 0 Å². The fourth-order valence-electron chi connectivity index (χ4n) is 2.28. The zero-order chi connectivity index (χ0) is 15.5. The number of nitrogens with zero attached hydrogens (tertiary/aromatic N) is 1. The van der Waals surface area contributed by atoms with Crippen molar-refractivity contribution >= 4 is 10.8 Å². The van der Waals surface area contributed by atoms with E-state index in [9.17, 15) is 4.79 Å². The maximum absolute atomic E-state index is 12.4. The molecular formula is C17H24N2O2. The van der Waals surface area contributed by atoms with Crippen LogP contribution in [0.5, 0.6) is 0 Å². The minimum atomic E-state index is 0.0318. The molecule has 0 saturated heterocycles. The number of hydrogen-bond acceptors (Lipinski definition) is 3. The quantitative estimate of drug-likeness (QED) is 0.859. The Labute approximate surface area is 125 Å². The van der Waals surface area contributed by atoms with Gasteiger partial charge in [0.15, 0.2) is 0 Å². The fraction of sp³-hybridized carbons (Fsp3) is 0.471. The Kier molecular flexibility index (Phi) is 4.80. The summed E-state index contributed by atoms with van der Waals surface area (Å²) in [5, 5.41) is 1.75. The molecule has 0 amide bonds. The summed E-state index contributed by atoms with van der Waals surface area (Å²) >= 11 is 0. The topological polar surface area (TPSA) is 57.2 Å². The Morgan fingerprint density at radius 3 is 2.62 bits per heavy atom. The molecule has 2 N–H and O–H groups in total. The molecule has 0 bridgehead atoms. The molecule has 0 saturated carbocycles. The van der Waals surface area contributed by atoms with E-state index in [2.05, 4.69) is 26.8 Å². The molecule has 0 atom stereocenters. The average Bonchev–Trinajstić information content (AvgIpc) is 2.44. The van der Waals surface area contributed by atoms with E-state index in [-0.39, 0.29) is 11.0 Å². The highest BCUT2D eigenvalue weighted by molar-refractivity contribution is 5.82. The minimum absolute atomic E-state index is 0.0318. The van der Waals surface area contributed by atoms with Crippen LogP contribution in [0, 0.1) is 0 Å². The molecule has 0 aliphatic rings. The van der Waals surface area contributed by atoms with E-state index >= 15 is 0 Å². The number of aromatic nitrogens is 1. The van der Waals surface area contributed by atoms with Crippen molar-refractivity contribution in [3.63, 3.8) is 0 Å². The van der Waals surface area contributed by atoms with Crippen molar-refractivity contribution in [2.75, 3.05) is 19.8 Å². The van der Waals surface area contributed by atoms with Crippen molar-refractivity contribution in [2.24, 2.45) is 5.73 Å². The first-order valence-corrected chi connectivity index (χ1v) is 7.35. The highest BCUT2D eigenvalue weighted by atomic mass is 16.5. The molecule has 0 aliphatic carbocycles.